The van der Waals surface area contributed by atoms with Gasteiger partial charge in [0.05, 0.1) is 26.1 Å². The Bertz CT molecular complexity index is 2240. The number of hydrogen-bond donors (Lipinski definition) is 0. The van der Waals surface area contributed by atoms with Crippen molar-refractivity contribution in [2.45, 2.75) is 0 Å². The molecule has 0 radical (unpaired) electrons. The van der Waals surface area contributed by atoms with Crippen LogP contribution in [0.1, 0.15) is 0 Å². The number of hydrogen-bond acceptors (Lipinski definition) is 2. The van der Waals surface area contributed by atoms with Gasteiger partial charge in [0.15, 0.2) is 0 Å². The Morgan fingerprint density at radius 3 is 1.31 bits per heavy atom. The molecule has 9 rings (SSSR count). The molecule has 0 N–H and O–H groups in total. The van der Waals surface area contributed by atoms with Gasteiger partial charge in [-0.15, -0.1) is 22.7 Å². The molecule has 0 bridgehead atoms. The summed E-state index contributed by atoms with van der Waals surface area (Å²) in [5.41, 5.74) is 6.47. The Morgan fingerprint density at radius 1 is 0.385 bits per heavy atom. The molecule has 0 saturated heterocycles. The Morgan fingerprint density at radius 2 is 0.795 bits per heavy atom. The predicted molar refractivity (Wildman–Crippen MR) is 172 cm³/mol. The van der Waals surface area contributed by atoms with Gasteiger partial charge in [0.2, 0.25) is 0 Å². The summed E-state index contributed by atoms with van der Waals surface area (Å²) in [6.07, 6.45) is 0. The van der Waals surface area contributed by atoms with E-state index in [1.165, 1.54) is 79.0 Å². The minimum absolute atomic E-state index is 1.25. The second-order valence-corrected chi connectivity index (χ2v) is 12.2. The van der Waals surface area contributed by atoms with Crippen molar-refractivity contribution in [3.05, 3.63) is 127 Å². The van der Waals surface area contributed by atoms with E-state index >= 15 is 0 Å². The first-order valence-electron chi connectivity index (χ1n) is 13.2. The molecule has 3 heterocycles. The van der Waals surface area contributed by atoms with Gasteiger partial charge in [-0.3, -0.25) is 0 Å². The molecular weight excluding hydrogens is 511 g/mol. The van der Waals surface area contributed by atoms with Gasteiger partial charge in [0.1, 0.15) is 0 Å². The highest BCUT2D eigenvalue weighted by Crippen LogP contribution is 2.50. The highest BCUT2D eigenvalue weighted by molar-refractivity contribution is 7.33. The molecule has 6 aromatic carbocycles. The van der Waals surface area contributed by atoms with Crippen LogP contribution < -0.4 is 0 Å². The number of aromatic nitrogens is 1. The van der Waals surface area contributed by atoms with E-state index in [1.807, 2.05) is 22.7 Å². The molecule has 0 spiro atoms. The molecule has 0 unspecified atom stereocenters. The van der Waals surface area contributed by atoms with Gasteiger partial charge in [0, 0.05) is 30.9 Å². The number of thiophene rings is 2. The van der Waals surface area contributed by atoms with E-state index in [2.05, 4.69) is 132 Å². The fourth-order valence-electron chi connectivity index (χ4n) is 6.41. The Labute approximate surface area is 232 Å². The van der Waals surface area contributed by atoms with E-state index in [0.29, 0.717) is 0 Å². The molecule has 0 atom stereocenters. The molecule has 9 aromatic rings. The largest absolute Gasteiger partial charge is 0.305 e. The third-order valence-corrected chi connectivity index (χ3v) is 10.5. The van der Waals surface area contributed by atoms with E-state index in [4.69, 9.17) is 0 Å². The average molecular weight is 532 g/mol. The second-order valence-electron chi connectivity index (χ2n) is 10.1. The lowest BCUT2D eigenvalue weighted by Crippen LogP contribution is -1.99. The van der Waals surface area contributed by atoms with Gasteiger partial charge in [-0.1, -0.05) is 115 Å². The summed E-state index contributed by atoms with van der Waals surface area (Å²) < 4.78 is 8.04. The van der Waals surface area contributed by atoms with Gasteiger partial charge in [-0.2, -0.15) is 0 Å². The summed E-state index contributed by atoms with van der Waals surface area (Å²) >= 11 is 3.84. The number of rotatable bonds is 2. The quantitative estimate of drug-likeness (QED) is 0.196. The van der Waals surface area contributed by atoms with Crippen molar-refractivity contribution in [2.75, 3.05) is 0 Å². The summed E-state index contributed by atoms with van der Waals surface area (Å²) in [4.78, 5) is 0. The van der Waals surface area contributed by atoms with Crippen LogP contribution in [0.3, 0.4) is 0 Å². The van der Waals surface area contributed by atoms with Crippen molar-refractivity contribution in [1.29, 1.82) is 0 Å². The summed E-state index contributed by atoms with van der Waals surface area (Å²) in [7, 11) is 0. The Balaban J connectivity index is 1.58. The van der Waals surface area contributed by atoms with Gasteiger partial charge < -0.3 is 4.57 Å². The number of nitrogens with zero attached hydrogens (tertiary/aromatic N) is 1. The van der Waals surface area contributed by atoms with Crippen molar-refractivity contribution in [3.63, 3.8) is 0 Å². The van der Waals surface area contributed by atoms with E-state index in [0.717, 1.165) is 0 Å². The van der Waals surface area contributed by atoms with Gasteiger partial charge in [0.25, 0.3) is 0 Å². The van der Waals surface area contributed by atoms with E-state index in [-0.39, 0.29) is 0 Å². The zero-order valence-corrected chi connectivity index (χ0v) is 22.5. The topological polar surface area (TPSA) is 4.93 Å². The maximum Gasteiger partial charge on any atom is 0.0737 e. The first-order chi connectivity index (χ1) is 19.4. The van der Waals surface area contributed by atoms with Crippen LogP contribution in [0, 0.1) is 0 Å². The smallest absolute Gasteiger partial charge is 0.0737 e. The molecule has 1 nitrogen and oxygen atoms in total. The molecule has 0 amide bonds. The number of benzene rings is 6. The lowest BCUT2D eigenvalue weighted by Gasteiger charge is -2.19. The van der Waals surface area contributed by atoms with Gasteiger partial charge >= 0.3 is 0 Å². The lowest BCUT2D eigenvalue weighted by atomic mass is 9.90. The predicted octanol–water partition coefficient (Wildman–Crippen LogP) is 11.2. The fourth-order valence-corrected chi connectivity index (χ4v) is 8.92. The maximum absolute atomic E-state index is 2.60. The van der Waals surface area contributed by atoms with Crippen LogP contribution in [-0.4, -0.2) is 4.57 Å². The Kier molecular flexibility index (Phi) is 4.43. The molecule has 0 fully saturated rings. The fraction of sp³-hybridized carbons (Fsp3) is 0. The Hall–Kier alpha value is -4.44. The molecule has 0 aliphatic heterocycles. The van der Waals surface area contributed by atoms with Gasteiger partial charge in [-0.25, -0.2) is 0 Å². The molecule has 3 heteroatoms. The highest BCUT2D eigenvalue weighted by atomic mass is 32.1. The third-order valence-electron chi connectivity index (χ3n) is 7.98. The first-order valence-corrected chi connectivity index (χ1v) is 14.8. The minimum atomic E-state index is 1.25. The van der Waals surface area contributed by atoms with E-state index in [9.17, 15) is 0 Å². The molecule has 3 aromatic heterocycles. The van der Waals surface area contributed by atoms with Crippen LogP contribution >= 0.6 is 22.7 Å². The van der Waals surface area contributed by atoms with Crippen molar-refractivity contribution < 1.29 is 0 Å². The van der Waals surface area contributed by atoms with E-state index < -0.39 is 0 Å². The molecule has 0 saturated carbocycles. The molecule has 39 heavy (non-hydrogen) atoms. The first kappa shape index (κ1) is 21.5. The third kappa shape index (κ3) is 2.89. The summed E-state index contributed by atoms with van der Waals surface area (Å²) in [6.45, 7) is 0. The zero-order chi connectivity index (χ0) is 25.5. The van der Waals surface area contributed by atoms with Crippen molar-refractivity contribution >= 4 is 84.8 Å². The lowest BCUT2D eigenvalue weighted by molar-refractivity contribution is 1.23. The van der Waals surface area contributed by atoms with Crippen LogP contribution in [-0.2, 0) is 0 Å². The number of fused-ring (bicyclic) bond motifs is 9. The second kappa shape index (κ2) is 8.03. The van der Waals surface area contributed by atoms with Crippen molar-refractivity contribution in [2.24, 2.45) is 0 Å². The summed E-state index contributed by atoms with van der Waals surface area (Å²) in [5, 5.41) is 7.77. The van der Waals surface area contributed by atoms with E-state index in [1.54, 1.807) is 0 Å². The van der Waals surface area contributed by atoms with Crippen LogP contribution in [0.25, 0.3) is 79.0 Å². The highest BCUT2D eigenvalue weighted by Gasteiger charge is 2.25. The van der Waals surface area contributed by atoms with Gasteiger partial charge in [-0.05, 0) is 34.0 Å². The van der Waals surface area contributed by atoms with Crippen molar-refractivity contribution in [3.8, 4) is 16.8 Å². The summed E-state index contributed by atoms with van der Waals surface area (Å²) in [6, 6.07) is 46.5. The van der Waals surface area contributed by atoms with Crippen LogP contribution in [0.15, 0.2) is 127 Å². The SMILES string of the molecule is c1ccc(-c2c3ccccc3c(-n3c4c5ccccc5sc4c4sc5ccccc5c43)c3ccccc23)cc1. The molecule has 0 aliphatic rings. The molecular formula is C36H21NS2. The van der Waals surface area contributed by atoms with Crippen LogP contribution in [0.2, 0.25) is 0 Å². The standard InChI is InChI=1S/C36H21NS2/c1-2-12-22(13-3-1)31-23-14-4-6-16-25(23)32(26-17-7-5-15-24(26)31)37-33-27-18-8-10-20-29(27)38-35(33)36-34(37)28-19-9-11-21-30(28)39-36/h1-21H. The average Bonchev–Trinajstić information content (AvgIpc) is 3.65. The normalized spacial score (nSPS) is 12.1. The maximum atomic E-state index is 2.60. The van der Waals surface area contributed by atoms with Crippen LogP contribution in [0.5, 0.6) is 0 Å². The van der Waals surface area contributed by atoms with Crippen molar-refractivity contribution in [1.82, 2.24) is 4.57 Å². The zero-order valence-electron chi connectivity index (χ0n) is 20.9. The molecule has 182 valence electrons. The molecule has 0 aliphatic carbocycles. The monoisotopic (exact) mass is 531 g/mol. The minimum Gasteiger partial charge on any atom is -0.305 e. The van der Waals surface area contributed by atoms with Crippen LogP contribution in [0.4, 0.5) is 0 Å². The summed E-state index contributed by atoms with van der Waals surface area (Å²) in [5.74, 6) is 0.